The molecular weight excluding hydrogens is 262 g/mol. The number of methoxy groups -OCH3 is 2. The molecule has 2 aromatic carbocycles. The van der Waals surface area contributed by atoms with Crippen molar-refractivity contribution in [1.82, 2.24) is 5.32 Å². The van der Waals surface area contributed by atoms with Crippen molar-refractivity contribution in [2.45, 2.75) is 19.9 Å². The molecule has 3 heteroatoms. The summed E-state index contributed by atoms with van der Waals surface area (Å²) < 4.78 is 10.8. The Labute approximate surface area is 126 Å². The molecule has 0 saturated heterocycles. The number of para-hydroxylation sites is 1. The van der Waals surface area contributed by atoms with E-state index in [1.54, 1.807) is 14.2 Å². The van der Waals surface area contributed by atoms with Crippen LogP contribution in [-0.2, 0) is 6.54 Å². The Balaban J connectivity index is 2.41. The van der Waals surface area contributed by atoms with Crippen molar-refractivity contribution in [2.24, 2.45) is 0 Å². The van der Waals surface area contributed by atoms with Crippen molar-refractivity contribution in [3.05, 3.63) is 48.0 Å². The molecule has 0 aromatic heterocycles. The zero-order valence-corrected chi connectivity index (χ0v) is 13.0. The fraction of sp³-hybridized carbons (Fsp3) is 0.333. The van der Waals surface area contributed by atoms with Gasteiger partial charge in [0.05, 0.1) is 14.2 Å². The van der Waals surface area contributed by atoms with Gasteiger partial charge in [-0.3, -0.25) is 0 Å². The lowest BCUT2D eigenvalue weighted by Crippen LogP contribution is -2.14. The highest BCUT2D eigenvalue weighted by molar-refractivity contribution is 5.74. The van der Waals surface area contributed by atoms with E-state index in [0.717, 1.165) is 36.6 Å². The first-order valence-electron chi connectivity index (χ1n) is 7.31. The van der Waals surface area contributed by atoms with Crippen molar-refractivity contribution in [3.8, 4) is 22.6 Å². The molecule has 1 N–H and O–H groups in total. The predicted molar refractivity (Wildman–Crippen MR) is 87.0 cm³/mol. The molecule has 2 rings (SSSR count). The van der Waals surface area contributed by atoms with Gasteiger partial charge in [0.15, 0.2) is 0 Å². The van der Waals surface area contributed by atoms with Crippen LogP contribution in [0.4, 0.5) is 0 Å². The molecule has 0 aliphatic heterocycles. The van der Waals surface area contributed by atoms with E-state index in [9.17, 15) is 0 Å². The van der Waals surface area contributed by atoms with Gasteiger partial charge in [0, 0.05) is 12.1 Å². The van der Waals surface area contributed by atoms with Crippen LogP contribution in [0.2, 0.25) is 0 Å². The molecule has 21 heavy (non-hydrogen) atoms. The fourth-order valence-corrected chi connectivity index (χ4v) is 2.37. The van der Waals surface area contributed by atoms with Crippen molar-refractivity contribution < 1.29 is 9.47 Å². The van der Waals surface area contributed by atoms with Gasteiger partial charge in [-0.25, -0.2) is 0 Å². The molecule has 0 heterocycles. The molecule has 0 radical (unpaired) electrons. The van der Waals surface area contributed by atoms with Crippen LogP contribution < -0.4 is 14.8 Å². The van der Waals surface area contributed by atoms with E-state index < -0.39 is 0 Å². The zero-order valence-electron chi connectivity index (χ0n) is 13.0. The fourth-order valence-electron chi connectivity index (χ4n) is 2.37. The molecule has 0 fully saturated rings. The third kappa shape index (κ3) is 3.76. The van der Waals surface area contributed by atoms with Crippen LogP contribution in [0.1, 0.15) is 18.9 Å². The summed E-state index contributed by atoms with van der Waals surface area (Å²) >= 11 is 0. The molecule has 112 valence electrons. The number of rotatable bonds is 7. The predicted octanol–water partition coefficient (Wildman–Crippen LogP) is 3.87. The zero-order chi connectivity index (χ0) is 15.1. The van der Waals surface area contributed by atoms with Gasteiger partial charge in [-0.1, -0.05) is 31.2 Å². The highest BCUT2D eigenvalue weighted by Gasteiger charge is 2.10. The first kappa shape index (κ1) is 15.4. The number of hydrogen-bond acceptors (Lipinski definition) is 3. The van der Waals surface area contributed by atoms with Gasteiger partial charge in [0.2, 0.25) is 0 Å². The Morgan fingerprint density at radius 1 is 0.952 bits per heavy atom. The lowest BCUT2D eigenvalue weighted by Gasteiger charge is -2.15. The lowest BCUT2D eigenvalue weighted by molar-refractivity contribution is 0.413. The molecule has 0 atom stereocenters. The lowest BCUT2D eigenvalue weighted by atomic mass is 9.98. The average Bonchev–Trinajstić information content (AvgIpc) is 2.55. The van der Waals surface area contributed by atoms with Crippen LogP contribution >= 0.6 is 0 Å². The van der Waals surface area contributed by atoms with Crippen molar-refractivity contribution in [3.63, 3.8) is 0 Å². The summed E-state index contributed by atoms with van der Waals surface area (Å²) in [5.41, 5.74) is 3.50. The van der Waals surface area contributed by atoms with Gasteiger partial charge in [-0.2, -0.15) is 0 Å². The quantitative estimate of drug-likeness (QED) is 0.783. The molecule has 2 aromatic rings. The van der Waals surface area contributed by atoms with Gasteiger partial charge in [-0.05, 0) is 42.3 Å². The van der Waals surface area contributed by atoms with Crippen LogP contribution in [0.25, 0.3) is 11.1 Å². The van der Waals surface area contributed by atoms with E-state index in [1.165, 1.54) is 11.1 Å². The first-order valence-corrected chi connectivity index (χ1v) is 7.31. The van der Waals surface area contributed by atoms with Crippen LogP contribution in [0.3, 0.4) is 0 Å². The minimum absolute atomic E-state index is 0.818. The summed E-state index contributed by atoms with van der Waals surface area (Å²) in [6, 6.07) is 14.3. The molecule has 0 unspecified atom stereocenters. The topological polar surface area (TPSA) is 30.5 Å². The van der Waals surface area contributed by atoms with Crippen molar-refractivity contribution >= 4 is 0 Å². The smallest absolute Gasteiger partial charge is 0.126 e. The average molecular weight is 285 g/mol. The summed E-state index contributed by atoms with van der Waals surface area (Å²) in [6.07, 6.45) is 1.12. The second-order valence-corrected chi connectivity index (χ2v) is 4.90. The summed E-state index contributed by atoms with van der Waals surface area (Å²) in [7, 11) is 3.40. The van der Waals surface area contributed by atoms with Crippen LogP contribution in [-0.4, -0.2) is 20.8 Å². The Morgan fingerprint density at radius 3 is 2.48 bits per heavy atom. The molecule has 0 aliphatic carbocycles. The normalized spacial score (nSPS) is 10.4. The standard InChI is InChI=1S/C18H23NO2/c1-4-11-19-13-14-12-15(20-2)9-10-16(14)17-7-5-6-8-18(17)21-3/h5-10,12,19H,4,11,13H2,1-3H3. The van der Waals surface area contributed by atoms with Gasteiger partial charge < -0.3 is 14.8 Å². The van der Waals surface area contributed by atoms with Crippen LogP contribution in [0, 0.1) is 0 Å². The molecule has 0 saturated carbocycles. The SMILES string of the molecule is CCCNCc1cc(OC)ccc1-c1ccccc1OC. The van der Waals surface area contributed by atoms with Gasteiger partial charge in [0.1, 0.15) is 11.5 Å². The minimum Gasteiger partial charge on any atom is -0.497 e. The Kier molecular flexibility index (Phi) is 5.64. The minimum atomic E-state index is 0.818. The summed E-state index contributed by atoms with van der Waals surface area (Å²) in [5, 5.41) is 3.45. The molecule has 3 nitrogen and oxygen atoms in total. The number of nitrogens with one attached hydrogen (secondary N) is 1. The van der Waals surface area contributed by atoms with Crippen LogP contribution in [0.15, 0.2) is 42.5 Å². The number of benzene rings is 2. The Hall–Kier alpha value is -2.00. The maximum atomic E-state index is 5.49. The molecule has 0 aliphatic rings. The van der Waals surface area contributed by atoms with Gasteiger partial charge in [0.25, 0.3) is 0 Å². The van der Waals surface area contributed by atoms with E-state index in [-0.39, 0.29) is 0 Å². The Bertz CT molecular complexity index is 581. The van der Waals surface area contributed by atoms with E-state index in [0.29, 0.717) is 0 Å². The third-order valence-electron chi connectivity index (χ3n) is 3.45. The van der Waals surface area contributed by atoms with Crippen molar-refractivity contribution in [1.29, 1.82) is 0 Å². The van der Waals surface area contributed by atoms with E-state index in [1.807, 2.05) is 24.3 Å². The van der Waals surface area contributed by atoms with Crippen molar-refractivity contribution in [2.75, 3.05) is 20.8 Å². The molecule has 0 amide bonds. The summed E-state index contributed by atoms with van der Waals surface area (Å²) in [5.74, 6) is 1.77. The molecular formula is C18H23NO2. The highest BCUT2D eigenvalue weighted by Crippen LogP contribution is 2.33. The van der Waals surface area contributed by atoms with Gasteiger partial charge >= 0.3 is 0 Å². The second-order valence-electron chi connectivity index (χ2n) is 4.90. The van der Waals surface area contributed by atoms with E-state index in [2.05, 4.69) is 30.4 Å². The van der Waals surface area contributed by atoms with Gasteiger partial charge in [-0.15, -0.1) is 0 Å². The largest absolute Gasteiger partial charge is 0.497 e. The maximum Gasteiger partial charge on any atom is 0.126 e. The van der Waals surface area contributed by atoms with E-state index >= 15 is 0 Å². The third-order valence-corrected chi connectivity index (χ3v) is 3.45. The number of hydrogen-bond donors (Lipinski definition) is 1. The summed E-state index contributed by atoms with van der Waals surface area (Å²) in [6.45, 7) is 3.99. The Morgan fingerprint density at radius 2 is 1.76 bits per heavy atom. The highest BCUT2D eigenvalue weighted by atomic mass is 16.5. The molecule has 0 spiro atoms. The summed E-state index contributed by atoms with van der Waals surface area (Å²) in [4.78, 5) is 0. The molecule has 0 bridgehead atoms. The van der Waals surface area contributed by atoms with Crippen LogP contribution in [0.5, 0.6) is 11.5 Å². The number of ether oxygens (including phenoxy) is 2. The van der Waals surface area contributed by atoms with E-state index in [4.69, 9.17) is 9.47 Å². The second kappa shape index (κ2) is 7.70. The monoisotopic (exact) mass is 285 g/mol. The maximum absolute atomic E-state index is 5.49. The first-order chi connectivity index (χ1) is 10.3.